The van der Waals surface area contributed by atoms with E-state index in [1.807, 2.05) is 30.9 Å². The molecule has 2 aliphatic rings. The number of nitrogens with one attached hydrogen (secondary N) is 1. The summed E-state index contributed by atoms with van der Waals surface area (Å²) in [6.45, 7) is 4.51. The Morgan fingerprint density at radius 2 is 1.68 bits per heavy atom. The van der Waals surface area contributed by atoms with Crippen LogP contribution in [0.1, 0.15) is 41.8 Å². The lowest BCUT2D eigenvalue weighted by molar-refractivity contribution is -0.129. The molecule has 4 rings (SSSR count). The summed E-state index contributed by atoms with van der Waals surface area (Å²) in [5.74, 6) is 0.726. The number of carbonyl (C=O) groups excluding carboxylic acids is 2. The average Bonchev–Trinajstić information content (AvgIpc) is 3.24. The second-order valence-electron chi connectivity index (χ2n) is 7.94. The van der Waals surface area contributed by atoms with Gasteiger partial charge in [-0.2, -0.15) is 0 Å². The number of amides is 2. The summed E-state index contributed by atoms with van der Waals surface area (Å²) in [6, 6.07) is 15.6. The number of carbonyl (C=O) groups is 2. The van der Waals surface area contributed by atoms with E-state index in [0.717, 1.165) is 18.6 Å². The van der Waals surface area contributed by atoms with E-state index in [2.05, 4.69) is 17.4 Å². The molecule has 0 spiro atoms. The van der Waals surface area contributed by atoms with Gasteiger partial charge in [-0.3, -0.25) is 9.59 Å². The molecular formula is C23H26N2O3. The number of benzene rings is 2. The smallest absolute Gasteiger partial charge is 0.251 e. The molecule has 2 aromatic rings. The predicted octanol–water partition coefficient (Wildman–Crippen LogP) is 2.97. The number of fused-ring (bicyclic) bond motifs is 1. The van der Waals surface area contributed by atoms with E-state index in [1.165, 1.54) is 11.1 Å². The summed E-state index contributed by atoms with van der Waals surface area (Å²) >= 11 is 0. The van der Waals surface area contributed by atoms with Crippen LogP contribution in [0.2, 0.25) is 0 Å². The molecule has 146 valence electrons. The van der Waals surface area contributed by atoms with E-state index in [-0.39, 0.29) is 30.0 Å². The van der Waals surface area contributed by atoms with Gasteiger partial charge in [-0.15, -0.1) is 0 Å². The molecule has 0 radical (unpaired) electrons. The van der Waals surface area contributed by atoms with Gasteiger partial charge < -0.3 is 15.0 Å². The van der Waals surface area contributed by atoms with Gasteiger partial charge in [-0.1, -0.05) is 24.3 Å². The average molecular weight is 378 g/mol. The fourth-order valence-corrected chi connectivity index (χ4v) is 4.16. The molecule has 1 fully saturated rings. The van der Waals surface area contributed by atoms with Crippen LogP contribution in [0.15, 0.2) is 48.5 Å². The topological polar surface area (TPSA) is 58.6 Å². The summed E-state index contributed by atoms with van der Waals surface area (Å²) in [6.07, 6.45) is 2.27. The molecule has 2 amide bonds. The number of likely N-dealkylation sites (tertiary alicyclic amines) is 1. The van der Waals surface area contributed by atoms with Gasteiger partial charge in [-0.25, -0.2) is 0 Å². The van der Waals surface area contributed by atoms with Gasteiger partial charge in [0.2, 0.25) is 5.91 Å². The Hall–Kier alpha value is -2.82. The Labute approximate surface area is 165 Å². The maximum absolute atomic E-state index is 12.6. The van der Waals surface area contributed by atoms with Crippen molar-refractivity contribution < 1.29 is 14.3 Å². The Bertz CT molecular complexity index is 851. The first-order valence-corrected chi connectivity index (χ1v) is 9.93. The van der Waals surface area contributed by atoms with E-state index >= 15 is 0 Å². The zero-order valence-corrected chi connectivity index (χ0v) is 16.4. The zero-order chi connectivity index (χ0) is 19.7. The van der Waals surface area contributed by atoms with Crippen molar-refractivity contribution >= 4 is 11.8 Å². The van der Waals surface area contributed by atoms with Gasteiger partial charge in [0.1, 0.15) is 5.75 Å². The highest BCUT2D eigenvalue weighted by molar-refractivity contribution is 5.95. The Balaban J connectivity index is 1.35. The van der Waals surface area contributed by atoms with Gasteiger partial charge in [0.25, 0.3) is 5.91 Å². The van der Waals surface area contributed by atoms with E-state index in [9.17, 15) is 9.59 Å². The van der Waals surface area contributed by atoms with Gasteiger partial charge in [0.15, 0.2) is 0 Å². The number of ether oxygens (including phenoxy) is 1. The molecular weight excluding hydrogens is 352 g/mol. The third-order valence-electron chi connectivity index (χ3n) is 5.45. The van der Waals surface area contributed by atoms with E-state index in [1.54, 1.807) is 24.3 Å². The van der Waals surface area contributed by atoms with Crippen molar-refractivity contribution in [3.05, 3.63) is 65.2 Å². The zero-order valence-electron chi connectivity index (χ0n) is 16.4. The molecule has 1 atom stereocenters. The highest BCUT2D eigenvalue weighted by Gasteiger charge is 2.37. The quantitative estimate of drug-likeness (QED) is 0.870. The molecule has 5 nitrogen and oxygen atoms in total. The molecule has 0 aromatic heterocycles. The predicted molar refractivity (Wildman–Crippen MR) is 107 cm³/mol. The second kappa shape index (κ2) is 7.66. The van der Waals surface area contributed by atoms with Gasteiger partial charge >= 0.3 is 0 Å². The van der Waals surface area contributed by atoms with Crippen molar-refractivity contribution in [3.8, 4) is 5.75 Å². The first-order valence-electron chi connectivity index (χ1n) is 9.93. The van der Waals surface area contributed by atoms with Crippen LogP contribution in [0.5, 0.6) is 5.75 Å². The van der Waals surface area contributed by atoms with Crippen molar-refractivity contribution in [2.45, 2.75) is 51.3 Å². The second-order valence-corrected chi connectivity index (χ2v) is 7.94. The van der Waals surface area contributed by atoms with Gasteiger partial charge in [0.05, 0.1) is 12.1 Å². The fourth-order valence-electron chi connectivity index (χ4n) is 4.16. The lowest BCUT2D eigenvalue weighted by atomic mass is 10.1. The van der Waals surface area contributed by atoms with E-state index < -0.39 is 0 Å². The lowest BCUT2D eigenvalue weighted by Gasteiger charge is -2.24. The van der Waals surface area contributed by atoms with E-state index in [4.69, 9.17) is 4.74 Å². The molecule has 1 unspecified atom stereocenters. The molecule has 2 aromatic carbocycles. The highest BCUT2D eigenvalue weighted by atomic mass is 16.5. The van der Waals surface area contributed by atoms with Crippen LogP contribution in [0.3, 0.4) is 0 Å². The normalized spacial score (nSPS) is 19.2. The number of hydrogen-bond acceptors (Lipinski definition) is 3. The van der Waals surface area contributed by atoms with Gasteiger partial charge in [0, 0.05) is 24.6 Å². The minimum atomic E-state index is -0.148. The maximum Gasteiger partial charge on any atom is 0.251 e. The minimum absolute atomic E-state index is 0.0943. The Morgan fingerprint density at radius 1 is 1.04 bits per heavy atom. The molecule has 1 N–H and O–H groups in total. The van der Waals surface area contributed by atoms with Crippen LogP contribution in [0, 0.1) is 0 Å². The fraction of sp³-hybridized carbons (Fsp3) is 0.391. The van der Waals surface area contributed by atoms with Crippen molar-refractivity contribution in [3.63, 3.8) is 0 Å². The third kappa shape index (κ3) is 3.88. The van der Waals surface area contributed by atoms with Crippen LogP contribution < -0.4 is 10.1 Å². The summed E-state index contributed by atoms with van der Waals surface area (Å²) < 4.78 is 5.61. The highest BCUT2D eigenvalue weighted by Crippen LogP contribution is 2.28. The largest absolute Gasteiger partial charge is 0.491 e. The third-order valence-corrected chi connectivity index (χ3v) is 5.45. The van der Waals surface area contributed by atoms with Gasteiger partial charge in [-0.05, 0) is 62.1 Å². The molecule has 5 heteroatoms. The molecule has 28 heavy (non-hydrogen) atoms. The number of rotatable bonds is 5. The number of nitrogens with zero attached hydrogens (tertiary/aromatic N) is 1. The summed E-state index contributed by atoms with van der Waals surface area (Å²) in [7, 11) is 0. The standard InChI is InChI=1S/C23H26N2O3/c1-15(2)28-21-9-7-16(8-10-21)23(27)24-19-13-22(26)25(14-19)20-11-17-5-3-4-6-18(17)12-20/h3-10,15,19-20H,11-14H2,1-2H3,(H,24,27). The molecule has 0 bridgehead atoms. The number of hydrogen-bond donors (Lipinski definition) is 1. The van der Waals surface area contributed by atoms with Crippen molar-refractivity contribution in [1.82, 2.24) is 10.2 Å². The van der Waals surface area contributed by atoms with Crippen molar-refractivity contribution in [1.29, 1.82) is 0 Å². The first kappa shape index (κ1) is 18.5. The van der Waals surface area contributed by atoms with Crippen LogP contribution in [0.4, 0.5) is 0 Å². The Morgan fingerprint density at radius 3 is 2.29 bits per heavy atom. The summed E-state index contributed by atoms with van der Waals surface area (Å²) in [4.78, 5) is 27.1. The minimum Gasteiger partial charge on any atom is -0.491 e. The Kier molecular flexibility index (Phi) is 5.07. The van der Waals surface area contributed by atoms with E-state index in [0.29, 0.717) is 18.5 Å². The lowest BCUT2D eigenvalue weighted by Crippen LogP contribution is -2.41. The molecule has 0 saturated carbocycles. The van der Waals surface area contributed by atoms with Crippen LogP contribution >= 0.6 is 0 Å². The first-order chi connectivity index (χ1) is 13.5. The van der Waals surface area contributed by atoms with Crippen molar-refractivity contribution in [2.75, 3.05) is 6.54 Å². The SMILES string of the molecule is CC(C)Oc1ccc(C(=O)NC2CC(=O)N(C3Cc4ccccc4C3)C2)cc1. The summed E-state index contributed by atoms with van der Waals surface area (Å²) in [5.41, 5.74) is 3.24. The molecule has 1 aliphatic carbocycles. The monoisotopic (exact) mass is 378 g/mol. The van der Waals surface area contributed by atoms with Crippen LogP contribution in [-0.2, 0) is 17.6 Å². The van der Waals surface area contributed by atoms with Crippen molar-refractivity contribution in [2.24, 2.45) is 0 Å². The maximum atomic E-state index is 12.6. The van der Waals surface area contributed by atoms with Crippen LogP contribution in [-0.4, -0.2) is 41.4 Å². The molecule has 1 aliphatic heterocycles. The molecule has 1 heterocycles. The van der Waals surface area contributed by atoms with Crippen LogP contribution in [0.25, 0.3) is 0 Å². The summed E-state index contributed by atoms with van der Waals surface area (Å²) in [5, 5.41) is 3.02. The molecule has 1 saturated heterocycles.